The topological polar surface area (TPSA) is 26.0 Å². The molecule has 1 heteroatoms. The van der Waals surface area contributed by atoms with E-state index < -0.39 is 0 Å². The molecule has 2 N–H and O–H groups in total. The summed E-state index contributed by atoms with van der Waals surface area (Å²) in [5.41, 5.74) is 6.82. The Labute approximate surface area is 89.5 Å². The lowest BCUT2D eigenvalue weighted by molar-refractivity contribution is 0.0909. The van der Waals surface area contributed by atoms with Crippen molar-refractivity contribution in [1.29, 1.82) is 0 Å². The predicted molar refractivity (Wildman–Crippen MR) is 63.2 cm³/mol. The first-order valence-electron chi connectivity index (χ1n) is 6.13. The summed E-state index contributed by atoms with van der Waals surface area (Å²) in [6.07, 6.45) is 6.90. The van der Waals surface area contributed by atoms with Gasteiger partial charge in [-0.2, -0.15) is 0 Å². The molecule has 0 saturated heterocycles. The molecule has 1 aliphatic carbocycles. The molecule has 84 valence electrons. The zero-order chi connectivity index (χ0) is 10.8. The molecule has 0 bridgehead atoms. The predicted octanol–water partition coefficient (Wildman–Crippen LogP) is 3.58. The zero-order valence-corrected chi connectivity index (χ0v) is 10.4. The van der Waals surface area contributed by atoms with Gasteiger partial charge in [0.25, 0.3) is 0 Å². The molecule has 0 unspecified atom stereocenters. The van der Waals surface area contributed by atoms with Crippen LogP contribution < -0.4 is 5.73 Å². The SMILES string of the molecule is CCC1(C)CCC(C(C)(C)CN)CC1. The molecule has 0 heterocycles. The van der Waals surface area contributed by atoms with Crippen molar-refractivity contribution in [2.24, 2.45) is 22.5 Å². The van der Waals surface area contributed by atoms with Crippen LogP contribution in [0.3, 0.4) is 0 Å². The molecule has 0 aromatic rings. The summed E-state index contributed by atoms with van der Waals surface area (Å²) in [6, 6.07) is 0. The highest BCUT2D eigenvalue weighted by atomic mass is 14.6. The smallest absolute Gasteiger partial charge is 0.00232 e. The molecule has 0 radical (unpaired) electrons. The Morgan fingerprint density at radius 3 is 2.14 bits per heavy atom. The van der Waals surface area contributed by atoms with Crippen molar-refractivity contribution in [3.63, 3.8) is 0 Å². The number of hydrogen-bond donors (Lipinski definition) is 1. The van der Waals surface area contributed by atoms with E-state index in [9.17, 15) is 0 Å². The fraction of sp³-hybridized carbons (Fsp3) is 1.00. The highest BCUT2D eigenvalue weighted by Gasteiger charge is 2.35. The minimum atomic E-state index is 0.356. The highest BCUT2D eigenvalue weighted by molar-refractivity contribution is 4.87. The van der Waals surface area contributed by atoms with Gasteiger partial charge in [0.15, 0.2) is 0 Å². The van der Waals surface area contributed by atoms with Crippen molar-refractivity contribution < 1.29 is 0 Å². The second-order valence-corrected chi connectivity index (χ2v) is 6.13. The highest BCUT2D eigenvalue weighted by Crippen LogP contribution is 2.46. The third kappa shape index (κ3) is 2.50. The molecule has 1 nitrogen and oxygen atoms in total. The maximum Gasteiger partial charge on any atom is -0.00232 e. The maximum absolute atomic E-state index is 5.84. The standard InChI is InChI=1S/C13H27N/c1-5-13(4)8-6-11(7-9-13)12(2,3)10-14/h11H,5-10,14H2,1-4H3. The molecule has 14 heavy (non-hydrogen) atoms. The molecule has 1 fully saturated rings. The van der Waals surface area contributed by atoms with Crippen LogP contribution in [0.1, 0.15) is 59.8 Å². The summed E-state index contributed by atoms with van der Waals surface area (Å²) in [5.74, 6) is 0.854. The number of rotatable bonds is 3. The van der Waals surface area contributed by atoms with Crippen LogP contribution in [0.4, 0.5) is 0 Å². The molecule has 0 spiro atoms. The lowest BCUT2D eigenvalue weighted by Crippen LogP contribution is -2.36. The second-order valence-electron chi connectivity index (χ2n) is 6.13. The van der Waals surface area contributed by atoms with Crippen molar-refractivity contribution in [1.82, 2.24) is 0 Å². The van der Waals surface area contributed by atoms with Crippen molar-refractivity contribution in [3.05, 3.63) is 0 Å². The Kier molecular flexibility index (Phi) is 3.63. The van der Waals surface area contributed by atoms with Gasteiger partial charge in [-0.25, -0.2) is 0 Å². The van der Waals surface area contributed by atoms with Crippen LogP contribution in [0.5, 0.6) is 0 Å². The minimum absolute atomic E-state index is 0.356. The van der Waals surface area contributed by atoms with Gasteiger partial charge in [0, 0.05) is 0 Å². The summed E-state index contributed by atoms with van der Waals surface area (Å²) >= 11 is 0. The molecule has 0 amide bonds. The summed E-state index contributed by atoms with van der Waals surface area (Å²) in [4.78, 5) is 0. The Balaban J connectivity index is 2.51. The number of nitrogens with two attached hydrogens (primary N) is 1. The van der Waals surface area contributed by atoms with Gasteiger partial charge in [-0.05, 0) is 49.0 Å². The van der Waals surface area contributed by atoms with Crippen molar-refractivity contribution in [2.45, 2.75) is 59.8 Å². The van der Waals surface area contributed by atoms with Crippen LogP contribution in [0.2, 0.25) is 0 Å². The fourth-order valence-corrected chi connectivity index (χ4v) is 2.62. The van der Waals surface area contributed by atoms with Crippen molar-refractivity contribution in [3.8, 4) is 0 Å². The summed E-state index contributed by atoms with van der Waals surface area (Å²) in [7, 11) is 0. The first-order chi connectivity index (χ1) is 6.43. The monoisotopic (exact) mass is 197 g/mol. The van der Waals surface area contributed by atoms with E-state index in [4.69, 9.17) is 5.73 Å². The van der Waals surface area contributed by atoms with Crippen LogP contribution in [0, 0.1) is 16.7 Å². The normalized spacial score (nSPS) is 34.5. The van der Waals surface area contributed by atoms with E-state index in [1.165, 1.54) is 32.1 Å². The molecule has 1 saturated carbocycles. The van der Waals surface area contributed by atoms with E-state index >= 15 is 0 Å². The van der Waals surface area contributed by atoms with Crippen LogP contribution in [0.25, 0.3) is 0 Å². The van der Waals surface area contributed by atoms with Gasteiger partial charge in [-0.3, -0.25) is 0 Å². The quantitative estimate of drug-likeness (QED) is 0.735. The van der Waals surface area contributed by atoms with Crippen molar-refractivity contribution in [2.75, 3.05) is 6.54 Å². The van der Waals surface area contributed by atoms with Crippen LogP contribution in [-0.4, -0.2) is 6.54 Å². The molecular formula is C13H27N. The molecule has 1 aliphatic rings. The summed E-state index contributed by atoms with van der Waals surface area (Å²) in [6.45, 7) is 10.3. The molecule has 0 atom stereocenters. The second kappa shape index (κ2) is 4.22. The van der Waals surface area contributed by atoms with E-state index in [1.54, 1.807) is 0 Å². The van der Waals surface area contributed by atoms with E-state index in [0.717, 1.165) is 12.5 Å². The average molecular weight is 197 g/mol. The van der Waals surface area contributed by atoms with Gasteiger partial charge in [0.2, 0.25) is 0 Å². The molecule has 0 aromatic carbocycles. The lowest BCUT2D eigenvalue weighted by Gasteiger charge is -2.43. The zero-order valence-electron chi connectivity index (χ0n) is 10.4. The third-order valence-electron chi connectivity index (χ3n) is 4.68. The summed E-state index contributed by atoms with van der Waals surface area (Å²) < 4.78 is 0. The Morgan fingerprint density at radius 2 is 1.79 bits per heavy atom. The molecule has 1 rings (SSSR count). The van der Waals surface area contributed by atoms with Gasteiger partial charge in [-0.15, -0.1) is 0 Å². The van der Waals surface area contributed by atoms with Crippen LogP contribution in [0.15, 0.2) is 0 Å². The van der Waals surface area contributed by atoms with E-state index in [2.05, 4.69) is 27.7 Å². The lowest BCUT2D eigenvalue weighted by atomic mass is 9.63. The van der Waals surface area contributed by atoms with Gasteiger partial charge in [-0.1, -0.05) is 34.1 Å². The van der Waals surface area contributed by atoms with Crippen LogP contribution in [-0.2, 0) is 0 Å². The fourth-order valence-electron chi connectivity index (χ4n) is 2.62. The average Bonchev–Trinajstić information content (AvgIpc) is 2.19. The largest absolute Gasteiger partial charge is 0.330 e. The first kappa shape index (κ1) is 12.0. The Morgan fingerprint density at radius 1 is 1.29 bits per heavy atom. The first-order valence-corrected chi connectivity index (χ1v) is 6.13. The van der Waals surface area contributed by atoms with E-state index in [0.29, 0.717) is 10.8 Å². The Bertz CT molecular complexity index is 176. The minimum Gasteiger partial charge on any atom is -0.330 e. The summed E-state index contributed by atoms with van der Waals surface area (Å²) in [5, 5.41) is 0. The van der Waals surface area contributed by atoms with Crippen LogP contribution >= 0.6 is 0 Å². The molecular weight excluding hydrogens is 170 g/mol. The maximum atomic E-state index is 5.84. The van der Waals surface area contributed by atoms with Gasteiger partial charge in [0.1, 0.15) is 0 Å². The van der Waals surface area contributed by atoms with Crippen molar-refractivity contribution >= 4 is 0 Å². The van der Waals surface area contributed by atoms with Gasteiger partial charge >= 0.3 is 0 Å². The number of hydrogen-bond acceptors (Lipinski definition) is 1. The van der Waals surface area contributed by atoms with E-state index in [1.807, 2.05) is 0 Å². The third-order valence-corrected chi connectivity index (χ3v) is 4.68. The van der Waals surface area contributed by atoms with Gasteiger partial charge < -0.3 is 5.73 Å². The molecule has 0 aromatic heterocycles. The Hall–Kier alpha value is -0.0400. The molecule has 0 aliphatic heterocycles. The van der Waals surface area contributed by atoms with Gasteiger partial charge in [0.05, 0.1) is 0 Å². The van der Waals surface area contributed by atoms with E-state index in [-0.39, 0.29) is 0 Å².